The van der Waals surface area contributed by atoms with Crippen molar-refractivity contribution in [3.63, 3.8) is 0 Å². The van der Waals surface area contributed by atoms with Gasteiger partial charge >= 0.3 is 5.69 Å². The first kappa shape index (κ1) is 12.4. The van der Waals surface area contributed by atoms with E-state index >= 15 is 0 Å². The van der Waals surface area contributed by atoms with E-state index < -0.39 is 4.92 Å². The molecule has 1 aliphatic rings. The van der Waals surface area contributed by atoms with Gasteiger partial charge < -0.3 is 10.6 Å². The van der Waals surface area contributed by atoms with Crippen molar-refractivity contribution in [2.24, 2.45) is 0 Å². The van der Waals surface area contributed by atoms with E-state index in [2.05, 4.69) is 15.6 Å². The number of nitrogens with zero attached hydrogens (tertiary/aromatic N) is 2. The van der Waals surface area contributed by atoms with E-state index in [0.29, 0.717) is 0 Å². The molecule has 20 heavy (non-hydrogen) atoms. The molecule has 0 aliphatic carbocycles. The minimum atomic E-state index is -0.435. The van der Waals surface area contributed by atoms with E-state index in [-0.39, 0.29) is 11.5 Å². The average Bonchev–Trinajstić information content (AvgIpc) is 2.47. The van der Waals surface area contributed by atoms with Crippen LogP contribution in [0.3, 0.4) is 0 Å². The zero-order valence-corrected chi connectivity index (χ0v) is 10.8. The number of aromatic nitrogens is 1. The summed E-state index contributed by atoms with van der Waals surface area (Å²) in [5.74, 6) is 0.265. The first-order chi connectivity index (χ1) is 9.74. The van der Waals surface area contributed by atoms with E-state index in [1.54, 1.807) is 6.07 Å². The minimum absolute atomic E-state index is 0.0247. The van der Waals surface area contributed by atoms with Gasteiger partial charge in [-0.15, -0.1) is 0 Å². The quantitative estimate of drug-likeness (QED) is 0.661. The van der Waals surface area contributed by atoms with Crippen molar-refractivity contribution in [3.8, 4) is 0 Å². The Morgan fingerprint density at radius 1 is 1.35 bits per heavy atom. The molecule has 1 aliphatic heterocycles. The predicted molar refractivity (Wildman–Crippen MR) is 77.4 cm³/mol. The van der Waals surface area contributed by atoms with Crippen molar-refractivity contribution in [1.29, 1.82) is 0 Å². The van der Waals surface area contributed by atoms with Crippen molar-refractivity contribution >= 4 is 22.9 Å². The highest BCUT2D eigenvalue weighted by atomic mass is 16.6. The molecule has 2 N–H and O–H groups in total. The molecule has 0 spiro atoms. The molecular weight excluding hydrogens is 256 g/mol. The lowest BCUT2D eigenvalue weighted by atomic mass is 10.0. The Morgan fingerprint density at radius 3 is 3.10 bits per heavy atom. The van der Waals surface area contributed by atoms with Crippen molar-refractivity contribution in [2.45, 2.75) is 12.8 Å². The molecule has 0 amide bonds. The van der Waals surface area contributed by atoms with Gasteiger partial charge in [0.15, 0.2) is 0 Å². The van der Waals surface area contributed by atoms with Crippen LogP contribution < -0.4 is 10.6 Å². The molecule has 1 aromatic carbocycles. The Balaban J connectivity index is 1.90. The van der Waals surface area contributed by atoms with Crippen LogP contribution in [0, 0.1) is 10.1 Å². The van der Waals surface area contributed by atoms with Crippen LogP contribution in [0.2, 0.25) is 0 Å². The SMILES string of the molecule is O=[N+]([O-])c1cccnc1Nc1ccc2c(c1)CCCN2. The van der Waals surface area contributed by atoms with E-state index in [4.69, 9.17) is 0 Å². The largest absolute Gasteiger partial charge is 0.385 e. The number of benzene rings is 1. The number of pyridine rings is 1. The number of fused-ring (bicyclic) bond motifs is 1. The Hall–Kier alpha value is -2.63. The Morgan fingerprint density at radius 2 is 2.25 bits per heavy atom. The summed E-state index contributed by atoms with van der Waals surface area (Å²) in [7, 11) is 0. The third-order valence-electron chi connectivity index (χ3n) is 3.29. The molecule has 0 saturated carbocycles. The highest BCUT2D eigenvalue weighted by Gasteiger charge is 2.15. The zero-order chi connectivity index (χ0) is 13.9. The summed E-state index contributed by atoms with van der Waals surface area (Å²) in [6.45, 7) is 0.992. The molecule has 0 bridgehead atoms. The van der Waals surface area contributed by atoms with Gasteiger partial charge in [-0.2, -0.15) is 0 Å². The Labute approximate surface area is 116 Å². The molecule has 6 nitrogen and oxygen atoms in total. The molecule has 0 fully saturated rings. The van der Waals surface area contributed by atoms with Gasteiger partial charge in [-0.25, -0.2) is 4.98 Å². The van der Waals surface area contributed by atoms with Gasteiger partial charge in [-0.3, -0.25) is 10.1 Å². The summed E-state index contributed by atoms with van der Waals surface area (Å²) in [6.07, 6.45) is 3.65. The summed E-state index contributed by atoms with van der Waals surface area (Å²) in [6, 6.07) is 8.90. The van der Waals surface area contributed by atoms with E-state index in [9.17, 15) is 10.1 Å². The maximum absolute atomic E-state index is 11.0. The lowest BCUT2D eigenvalue weighted by Crippen LogP contribution is -2.11. The van der Waals surface area contributed by atoms with E-state index in [1.165, 1.54) is 17.8 Å². The zero-order valence-electron chi connectivity index (χ0n) is 10.8. The number of nitrogens with one attached hydrogen (secondary N) is 2. The first-order valence-corrected chi connectivity index (χ1v) is 6.47. The highest BCUT2D eigenvalue weighted by Crippen LogP contribution is 2.29. The van der Waals surface area contributed by atoms with Crippen LogP contribution in [0.1, 0.15) is 12.0 Å². The maximum Gasteiger partial charge on any atom is 0.311 e. The molecule has 3 rings (SSSR count). The Bertz CT molecular complexity index is 657. The fourth-order valence-corrected chi connectivity index (χ4v) is 2.33. The van der Waals surface area contributed by atoms with Gasteiger partial charge in [-0.1, -0.05) is 0 Å². The van der Waals surface area contributed by atoms with Crippen LogP contribution in [-0.4, -0.2) is 16.5 Å². The standard InChI is InChI=1S/C14H14N4O2/c19-18(20)13-4-2-8-16-14(13)17-11-5-6-12-10(9-11)3-1-7-15-12/h2,4-6,8-9,15H,1,3,7H2,(H,16,17). The number of rotatable bonds is 3. The van der Waals surface area contributed by atoms with Crippen molar-refractivity contribution in [1.82, 2.24) is 4.98 Å². The van der Waals surface area contributed by atoms with Crippen LogP contribution in [0.25, 0.3) is 0 Å². The summed E-state index contributed by atoms with van der Waals surface area (Å²) < 4.78 is 0. The fourth-order valence-electron chi connectivity index (χ4n) is 2.33. The Kier molecular flexibility index (Phi) is 3.20. The molecule has 0 unspecified atom stereocenters. The van der Waals surface area contributed by atoms with Crippen LogP contribution in [0.15, 0.2) is 36.5 Å². The number of hydrogen-bond donors (Lipinski definition) is 2. The monoisotopic (exact) mass is 270 g/mol. The second-order valence-electron chi connectivity index (χ2n) is 4.66. The number of anilines is 3. The normalized spacial score (nSPS) is 13.2. The molecule has 0 atom stereocenters. The van der Waals surface area contributed by atoms with Gasteiger partial charge in [0.1, 0.15) is 0 Å². The molecule has 1 aromatic heterocycles. The second-order valence-corrected chi connectivity index (χ2v) is 4.66. The highest BCUT2D eigenvalue weighted by molar-refractivity contribution is 5.68. The lowest BCUT2D eigenvalue weighted by Gasteiger charge is -2.18. The maximum atomic E-state index is 11.0. The molecule has 2 aromatic rings. The van der Waals surface area contributed by atoms with Crippen molar-refractivity contribution in [3.05, 3.63) is 52.2 Å². The third kappa shape index (κ3) is 2.40. The molecular formula is C14H14N4O2. The molecule has 2 heterocycles. The third-order valence-corrected chi connectivity index (χ3v) is 3.29. The minimum Gasteiger partial charge on any atom is -0.385 e. The average molecular weight is 270 g/mol. The molecule has 102 valence electrons. The summed E-state index contributed by atoms with van der Waals surface area (Å²) in [4.78, 5) is 14.6. The second kappa shape index (κ2) is 5.16. The van der Waals surface area contributed by atoms with Crippen LogP contribution in [-0.2, 0) is 6.42 Å². The van der Waals surface area contributed by atoms with Crippen molar-refractivity contribution in [2.75, 3.05) is 17.2 Å². The smallest absolute Gasteiger partial charge is 0.311 e. The number of aryl methyl sites for hydroxylation is 1. The van der Waals surface area contributed by atoms with Gasteiger partial charge in [0.2, 0.25) is 5.82 Å². The van der Waals surface area contributed by atoms with Gasteiger partial charge in [0.25, 0.3) is 0 Å². The molecule has 6 heteroatoms. The van der Waals surface area contributed by atoms with Crippen molar-refractivity contribution < 1.29 is 4.92 Å². The summed E-state index contributed by atoms with van der Waals surface area (Å²) in [5, 5.41) is 17.3. The number of nitro groups is 1. The van der Waals surface area contributed by atoms with Gasteiger partial charge in [0.05, 0.1) is 4.92 Å². The molecule has 0 radical (unpaired) electrons. The molecule has 0 saturated heterocycles. The predicted octanol–water partition coefficient (Wildman–Crippen LogP) is 3.09. The van der Waals surface area contributed by atoms with E-state index in [0.717, 1.165) is 30.8 Å². The topological polar surface area (TPSA) is 80.1 Å². The van der Waals surface area contributed by atoms with Gasteiger partial charge in [-0.05, 0) is 42.7 Å². The van der Waals surface area contributed by atoms with E-state index in [1.807, 2.05) is 18.2 Å². The fraction of sp³-hybridized carbons (Fsp3) is 0.214. The summed E-state index contributed by atoms with van der Waals surface area (Å²) >= 11 is 0. The first-order valence-electron chi connectivity index (χ1n) is 6.47. The number of hydrogen-bond acceptors (Lipinski definition) is 5. The van der Waals surface area contributed by atoms with Crippen LogP contribution in [0.5, 0.6) is 0 Å². The van der Waals surface area contributed by atoms with Crippen LogP contribution >= 0.6 is 0 Å². The van der Waals surface area contributed by atoms with Gasteiger partial charge in [0, 0.05) is 30.2 Å². The van der Waals surface area contributed by atoms with Crippen LogP contribution in [0.4, 0.5) is 22.9 Å². The lowest BCUT2D eigenvalue weighted by molar-refractivity contribution is -0.384. The summed E-state index contributed by atoms with van der Waals surface area (Å²) in [5.41, 5.74) is 3.15.